The minimum atomic E-state index is -0.264. The van der Waals surface area contributed by atoms with Gasteiger partial charge >= 0.3 is 0 Å². The molecule has 0 fully saturated rings. The largest absolute Gasteiger partial charge is 0.387 e. The van der Waals surface area contributed by atoms with E-state index in [4.69, 9.17) is 0 Å². The van der Waals surface area contributed by atoms with Crippen LogP contribution in [0.5, 0.6) is 0 Å². The maximum absolute atomic E-state index is 11.6. The van der Waals surface area contributed by atoms with Crippen LogP contribution in [0, 0.1) is 28.6 Å². The molecule has 16 heavy (non-hydrogen) atoms. The van der Waals surface area contributed by atoms with E-state index in [2.05, 4.69) is 25.2 Å². The fraction of sp³-hybridized carbons (Fsp3) is 0.692. The molecule has 0 saturated heterocycles. The summed E-state index contributed by atoms with van der Waals surface area (Å²) in [5.74, 6) is 0.409. The Kier molecular flexibility index (Phi) is 3.74. The highest BCUT2D eigenvalue weighted by molar-refractivity contribution is 5.92. The van der Waals surface area contributed by atoms with Crippen LogP contribution in [-0.4, -0.2) is 12.3 Å². The summed E-state index contributed by atoms with van der Waals surface area (Å²) >= 11 is 0. The maximum Gasteiger partial charge on any atom is 0.158 e. The molecule has 1 aliphatic rings. The molecule has 1 atom stereocenters. The highest BCUT2D eigenvalue weighted by Crippen LogP contribution is 2.38. The van der Waals surface area contributed by atoms with E-state index in [0.717, 1.165) is 12.2 Å². The predicted octanol–water partition coefficient (Wildman–Crippen LogP) is 2.25. The third kappa shape index (κ3) is 2.85. The quantitative estimate of drug-likeness (QED) is 0.793. The van der Waals surface area contributed by atoms with E-state index in [1.165, 1.54) is 0 Å². The summed E-state index contributed by atoms with van der Waals surface area (Å²) in [5, 5.41) is 12.4. The van der Waals surface area contributed by atoms with E-state index in [0.29, 0.717) is 12.3 Å². The van der Waals surface area contributed by atoms with Crippen LogP contribution in [0.2, 0.25) is 0 Å². The first-order chi connectivity index (χ1) is 7.36. The van der Waals surface area contributed by atoms with Crippen molar-refractivity contribution in [3.63, 3.8) is 0 Å². The Bertz CT molecular complexity index is 347. The minimum Gasteiger partial charge on any atom is -0.387 e. The van der Waals surface area contributed by atoms with Crippen molar-refractivity contribution >= 4 is 5.78 Å². The van der Waals surface area contributed by atoms with Crippen molar-refractivity contribution in [2.45, 2.75) is 34.1 Å². The van der Waals surface area contributed by atoms with Crippen LogP contribution in [0.15, 0.2) is 11.8 Å². The normalized spacial score (nSPS) is 23.9. The second kappa shape index (κ2) is 4.69. The smallest absolute Gasteiger partial charge is 0.158 e. The van der Waals surface area contributed by atoms with Crippen molar-refractivity contribution in [1.29, 1.82) is 5.26 Å². The van der Waals surface area contributed by atoms with Crippen molar-refractivity contribution in [3.8, 4) is 6.07 Å². The Morgan fingerprint density at radius 2 is 2.25 bits per heavy atom. The average molecular weight is 220 g/mol. The van der Waals surface area contributed by atoms with Crippen molar-refractivity contribution in [2.75, 3.05) is 6.54 Å². The number of ketones is 1. The topological polar surface area (TPSA) is 52.9 Å². The van der Waals surface area contributed by atoms with Crippen LogP contribution in [0.3, 0.4) is 0 Å². The molecule has 3 heteroatoms. The molecule has 3 nitrogen and oxygen atoms in total. The van der Waals surface area contributed by atoms with E-state index in [1.54, 1.807) is 6.08 Å². The van der Waals surface area contributed by atoms with E-state index in [-0.39, 0.29) is 17.1 Å². The first-order valence-electron chi connectivity index (χ1n) is 5.74. The van der Waals surface area contributed by atoms with E-state index in [1.807, 2.05) is 13.8 Å². The van der Waals surface area contributed by atoms with Crippen LogP contribution in [-0.2, 0) is 4.79 Å². The molecule has 0 aromatic carbocycles. The van der Waals surface area contributed by atoms with E-state index in [9.17, 15) is 10.1 Å². The Balaban J connectivity index is 2.87. The van der Waals surface area contributed by atoms with Gasteiger partial charge in [-0.2, -0.15) is 5.26 Å². The Hall–Kier alpha value is -1.30. The predicted molar refractivity (Wildman–Crippen MR) is 63.4 cm³/mol. The molecule has 88 valence electrons. The van der Waals surface area contributed by atoms with Gasteiger partial charge < -0.3 is 5.32 Å². The van der Waals surface area contributed by atoms with Crippen molar-refractivity contribution in [3.05, 3.63) is 11.8 Å². The number of rotatable bonds is 3. The second-order valence-electron chi connectivity index (χ2n) is 5.57. The third-order valence-corrected chi connectivity index (χ3v) is 2.88. The lowest BCUT2D eigenvalue weighted by Crippen LogP contribution is -2.37. The Morgan fingerprint density at radius 1 is 1.62 bits per heavy atom. The van der Waals surface area contributed by atoms with Crippen LogP contribution in [0.25, 0.3) is 0 Å². The monoisotopic (exact) mass is 220 g/mol. The molecule has 0 saturated carbocycles. The van der Waals surface area contributed by atoms with Crippen LogP contribution < -0.4 is 5.32 Å². The minimum absolute atomic E-state index is 0.114. The highest BCUT2D eigenvalue weighted by atomic mass is 16.1. The van der Waals surface area contributed by atoms with Gasteiger partial charge in [0.15, 0.2) is 5.78 Å². The molecule has 0 heterocycles. The summed E-state index contributed by atoms with van der Waals surface area (Å²) in [6, 6.07) is 2.31. The molecular weight excluding hydrogens is 200 g/mol. The van der Waals surface area contributed by atoms with Gasteiger partial charge in [0.1, 0.15) is 0 Å². The summed E-state index contributed by atoms with van der Waals surface area (Å²) in [6.07, 6.45) is 2.06. The number of hydrogen-bond acceptors (Lipinski definition) is 3. The molecular formula is C13H20N2O. The van der Waals surface area contributed by atoms with Gasteiger partial charge in [0.2, 0.25) is 0 Å². The molecule has 0 aromatic rings. The molecule has 1 rings (SSSR count). The van der Waals surface area contributed by atoms with Crippen LogP contribution >= 0.6 is 0 Å². The first-order valence-corrected chi connectivity index (χ1v) is 5.74. The van der Waals surface area contributed by atoms with Crippen LogP contribution in [0.4, 0.5) is 0 Å². The number of carbonyl (C=O) groups excluding carboxylic acids is 1. The molecule has 0 spiro atoms. The number of nitriles is 1. The zero-order chi connectivity index (χ0) is 12.3. The molecule has 1 unspecified atom stereocenters. The van der Waals surface area contributed by atoms with Gasteiger partial charge in [0.25, 0.3) is 0 Å². The van der Waals surface area contributed by atoms with Gasteiger partial charge in [0, 0.05) is 24.7 Å². The fourth-order valence-electron chi connectivity index (χ4n) is 2.00. The summed E-state index contributed by atoms with van der Waals surface area (Å²) in [5.41, 5.74) is 0.525. The first kappa shape index (κ1) is 12.8. The van der Waals surface area contributed by atoms with Gasteiger partial charge in [-0.05, 0) is 11.3 Å². The zero-order valence-corrected chi connectivity index (χ0v) is 10.5. The number of allylic oxidation sites excluding steroid dienone is 2. The SMILES string of the molecule is CC(C)CNC1=CC(=O)CC(C)(C)C1C#N. The highest BCUT2D eigenvalue weighted by Gasteiger charge is 2.37. The van der Waals surface area contributed by atoms with Gasteiger partial charge in [0.05, 0.1) is 12.0 Å². The number of nitrogens with zero attached hydrogens (tertiary/aromatic N) is 1. The van der Waals surface area contributed by atoms with Gasteiger partial charge in [-0.1, -0.05) is 27.7 Å². The van der Waals surface area contributed by atoms with Crippen molar-refractivity contribution in [1.82, 2.24) is 5.32 Å². The zero-order valence-electron chi connectivity index (χ0n) is 10.5. The van der Waals surface area contributed by atoms with Gasteiger partial charge in [-0.25, -0.2) is 0 Å². The molecule has 1 aliphatic carbocycles. The summed E-state index contributed by atoms with van der Waals surface area (Å²) in [6.45, 7) is 8.95. The number of carbonyl (C=O) groups is 1. The molecule has 0 amide bonds. The second-order valence-corrected chi connectivity index (χ2v) is 5.57. The Morgan fingerprint density at radius 3 is 2.75 bits per heavy atom. The van der Waals surface area contributed by atoms with Crippen molar-refractivity contribution < 1.29 is 4.79 Å². The average Bonchev–Trinajstić information content (AvgIpc) is 2.12. The molecule has 1 N–H and O–H groups in total. The summed E-state index contributed by atoms with van der Waals surface area (Å²) in [4.78, 5) is 11.6. The molecule has 0 bridgehead atoms. The lowest BCUT2D eigenvalue weighted by molar-refractivity contribution is -0.117. The van der Waals surface area contributed by atoms with E-state index >= 15 is 0 Å². The summed E-state index contributed by atoms with van der Waals surface area (Å²) in [7, 11) is 0. The van der Waals surface area contributed by atoms with Gasteiger partial charge in [-0.15, -0.1) is 0 Å². The molecule has 0 aromatic heterocycles. The fourth-order valence-corrected chi connectivity index (χ4v) is 2.00. The van der Waals surface area contributed by atoms with Crippen LogP contribution in [0.1, 0.15) is 34.1 Å². The maximum atomic E-state index is 11.6. The lowest BCUT2D eigenvalue weighted by atomic mass is 9.70. The summed E-state index contributed by atoms with van der Waals surface area (Å²) < 4.78 is 0. The Labute approximate surface area is 97.5 Å². The molecule has 0 radical (unpaired) electrons. The molecule has 0 aliphatic heterocycles. The third-order valence-electron chi connectivity index (χ3n) is 2.88. The standard InChI is InChI=1S/C13H20N2O/c1-9(2)8-15-12-5-10(16)6-13(3,4)11(12)7-14/h5,9,11,15H,6,8H2,1-4H3. The number of hydrogen-bond donors (Lipinski definition) is 1. The van der Waals surface area contributed by atoms with Gasteiger partial charge in [-0.3, -0.25) is 4.79 Å². The van der Waals surface area contributed by atoms with E-state index < -0.39 is 0 Å². The number of nitrogens with one attached hydrogen (secondary N) is 1. The van der Waals surface area contributed by atoms with Crippen molar-refractivity contribution in [2.24, 2.45) is 17.3 Å². The lowest BCUT2D eigenvalue weighted by Gasteiger charge is -2.34.